The van der Waals surface area contributed by atoms with Crippen molar-refractivity contribution in [3.8, 4) is 0 Å². The van der Waals surface area contributed by atoms with Gasteiger partial charge in [0.1, 0.15) is 5.82 Å². The van der Waals surface area contributed by atoms with Gasteiger partial charge in [0, 0.05) is 49.0 Å². The molecule has 0 saturated carbocycles. The third-order valence-electron chi connectivity index (χ3n) is 7.15. The van der Waals surface area contributed by atoms with E-state index in [2.05, 4.69) is 20.7 Å². The molecule has 2 amide bonds. The van der Waals surface area contributed by atoms with Crippen LogP contribution in [-0.4, -0.2) is 81.7 Å². The largest absolute Gasteiger partial charge is 0.382 e. The Kier molecular flexibility index (Phi) is 7.15. The zero-order chi connectivity index (χ0) is 27.5. The van der Waals surface area contributed by atoms with Gasteiger partial charge in [-0.2, -0.15) is 9.50 Å². The molecule has 4 N–H and O–H groups in total. The smallest absolute Gasteiger partial charge is 0.254 e. The summed E-state index contributed by atoms with van der Waals surface area (Å²) in [5.41, 5.74) is 8.66. The van der Waals surface area contributed by atoms with Crippen LogP contribution in [0.25, 0.3) is 5.65 Å². The highest BCUT2D eigenvalue weighted by Crippen LogP contribution is 2.25. The summed E-state index contributed by atoms with van der Waals surface area (Å²) in [6.07, 6.45) is 3.29. The van der Waals surface area contributed by atoms with Crippen LogP contribution in [0.3, 0.4) is 0 Å². The number of nitrogens with two attached hydrogens (primary N) is 1. The molecule has 2 aromatic heterocycles. The molecular formula is C28H31N9O3. The number of piperidine rings is 1. The number of fused-ring (bicyclic) bond motifs is 1. The Morgan fingerprint density at radius 1 is 0.975 bits per heavy atom. The van der Waals surface area contributed by atoms with Gasteiger partial charge in [0.05, 0.1) is 19.4 Å². The van der Waals surface area contributed by atoms with Gasteiger partial charge >= 0.3 is 0 Å². The SMILES string of the molecule is Nc1cnc2c(Nc3ccc(C(=O)N4CCOCC4)cc3)nc(N3CCCC(NC(=O)c4ccccc4)C3)nn12. The molecule has 206 valence electrons. The van der Waals surface area contributed by atoms with E-state index >= 15 is 0 Å². The summed E-state index contributed by atoms with van der Waals surface area (Å²) in [5, 5.41) is 11.1. The van der Waals surface area contributed by atoms with Crippen LogP contribution in [0.4, 0.5) is 23.3 Å². The lowest BCUT2D eigenvalue weighted by Gasteiger charge is -2.33. The molecule has 0 radical (unpaired) electrons. The van der Waals surface area contributed by atoms with Crippen molar-refractivity contribution in [3.05, 3.63) is 71.9 Å². The first-order valence-corrected chi connectivity index (χ1v) is 13.4. The molecule has 4 aromatic rings. The number of anilines is 4. The van der Waals surface area contributed by atoms with Crippen molar-refractivity contribution in [2.75, 3.05) is 55.3 Å². The highest BCUT2D eigenvalue weighted by atomic mass is 16.5. The molecule has 12 heteroatoms. The Hall–Kier alpha value is -4.71. The van der Waals surface area contributed by atoms with Crippen molar-refractivity contribution >= 4 is 40.7 Å². The van der Waals surface area contributed by atoms with E-state index in [0.717, 1.165) is 25.1 Å². The lowest BCUT2D eigenvalue weighted by Crippen LogP contribution is -2.48. The van der Waals surface area contributed by atoms with Crippen molar-refractivity contribution in [2.24, 2.45) is 0 Å². The Morgan fingerprint density at radius 3 is 2.52 bits per heavy atom. The lowest BCUT2D eigenvalue weighted by molar-refractivity contribution is 0.0303. The number of morpholine rings is 1. The van der Waals surface area contributed by atoms with E-state index in [0.29, 0.717) is 67.2 Å². The predicted octanol–water partition coefficient (Wildman–Crippen LogP) is 2.32. The standard InChI is InChI=1S/C28H31N9O3/c29-23-17-30-25-24(31-21-10-8-20(9-11-21)27(39)35-13-15-40-16-14-35)33-28(34-37(23)25)36-12-4-7-22(18-36)32-26(38)19-5-2-1-3-6-19/h1-3,5-6,8-11,17,22H,4,7,12-16,18,29H2,(H,32,38)(H,31,33,34). The van der Waals surface area contributed by atoms with Crippen molar-refractivity contribution in [1.29, 1.82) is 0 Å². The number of carbonyl (C=O) groups excluding carboxylic acids is 2. The summed E-state index contributed by atoms with van der Waals surface area (Å²) in [6.45, 7) is 3.61. The molecule has 2 aromatic carbocycles. The fourth-order valence-electron chi connectivity index (χ4n) is 5.02. The monoisotopic (exact) mass is 541 g/mol. The Morgan fingerprint density at radius 2 is 1.75 bits per heavy atom. The quantitative estimate of drug-likeness (QED) is 0.335. The van der Waals surface area contributed by atoms with Crippen LogP contribution in [0.2, 0.25) is 0 Å². The second-order valence-corrected chi connectivity index (χ2v) is 9.91. The number of ether oxygens (including phenoxy) is 1. The van der Waals surface area contributed by atoms with Gasteiger partial charge < -0.3 is 30.9 Å². The molecular weight excluding hydrogens is 510 g/mol. The maximum atomic E-state index is 12.8. The van der Waals surface area contributed by atoms with Gasteiger partial charge in [0.25, 0.3) is 11.8 Å². The zero-order valence-electron chi connectivity index (χ0n) is 22.0. The molecule has 1 atom stereocenters. The average molecular weight is 542 g/mol. The molecule has 1 unspecified atom stereocenters. The van der Waals surface area contributed by atoms with Crippen molar-refractivity contribution in [1.82, 2.24) is 29.8 Å². The molecule has 2 aliphatic rings. The highest BCUT2D eigenvalue weighted by molar-refractivity contribution is 5.95. The average Bonchev–Trinajstić information content (AvgIpc) is 3.39. The molecule has 4 heterocycles. The second-order valence-electron chi connectivity index (χ2n) is 9.91. The van der Waals surface area contributed by atoms with E-state index in [4.69, 9.17) is 15.5 Å². The summed E-state index contributed by atoms with van der Waals surface area (Å²) in [6, 6.07) is 16.4. The summed E-state index contributed by atoms with van der Waals surface area (Å²) in [7, 11) is 0. The summed E-state index contributed by atoms with van der Waals surface area (Å²) in [4.78, 5) is 38.6. The fraction of sp³-hybridized carbons (Fsp3) is 0.321. The minimum absolute atomic E-state index is 0.0124. The maximum Gasteiger partial charge on any atom is 0.254 e. The number of nitrogen functional groups attached to an aromatic ring is 1. The molecule has 0 aliphatic carbocycles. The molecule has 2 aliphatic heterocycles. The van der Waals surface area contributed by atoms with Crippen LogP contribution in [0, 0.1) is 0 Å². The number of benzene rings is 2. The fourth-order valence-corrected chi connectivity index (χ4v) is 5.02. The maximum absolute atomic E-state index is 12.8. The van der Waals surface area contributed by atoms with Gasteiger partial charge in [0.15, 0.2) is 11.5 Å². The van der Waals surface area contributed by atoms with Gasteiger partial charge in [-0.25, -0.2) is 4.98 Å². The van der Waals surface area contributed by atoms with E-state index in [1.54, 1.807) is 39.9 Å². The number of imidazole rings is 1. The van der Waals surface area contributed by atoms with Crippen LogP contribution in [0.5, 0.6) is 0 Å². The molecule has 0 spiro atoms. The first-order chi connectivity index (χ1) is 19.5. The van der Waals surface area contributed by atoms with Crippen LogP contribution in [0.1, 0.15) is 33.6 Å². The molecule has 2 saturated heterocycles. The number of carbonyl (C=O) groups is 2. The summed E-state index contributed by atoms with van der Waals surface area (Å²) < 4.78 is 6.91. The van der Waals surface area contributed by atoms with E-state index in [-0.39, 0.29) is 17.9 Å². The molecule has 40 heavy (non-hydrogen) atoms. The first-order valence-electron chi connectivity index (χ1n) is 13.4. The normalized spacial score (nSPS) is 17.6. The Bertz CT molecular complexity index is 1500. The zero-order valence-corrected chi connectivity index (χ0v) is 22.0. The van der Waals surface area contributed by atoms with Crippen molar-refractivity contribution in [3.63, 3.8) is 0 Å². The number of aromatic nitrogens is 4. The van der Waals surface area contributed by atoms with E-state index in [1.807, 2.05) is 35.2 Å². The molecule has 12 nitrogen and oxygen atoms in total. The number of nitrogens with one attached hydrogen (secondary N) is 2. The summed E-state index contributed by atoms with van der Waals surface area (Å²) in [5.74, 6) is 1.25. The minimum Gasteiger partial charge on any atom is -0.382 e. The number of nitrogens with zero attached hydrogens (tertiary/aromatic N) is 6. The molecule has 0 bridgehead atoms. The van der Waals surface area contributed by atoms with Crippen LogP contribution in [0.15, 0.2) is 60.8 Å². The Labute approximate surface area is 231 Å². The van der Waals surface area contributed by atoms with Gasteiger partial charge in [-0.1, -0.05) is 18.2 Å². The lowest BCUT2D eigenvalue weighted by atomic mass is 10.1. The minimum atomic E-state index is -0.0967. The number of amides is 2. The van der Waals surface area contributed by atoms with Gasteiger partial charge in [0.2, 0.25) is 5.95 Å². The Balaban J connectivity index is 1.20. The van der Waals surface area contributed by atoms with Gasteiger partial charge in [-0.15, -0.1) is 5.10 Å². The first kappa shape index (κ1) is 25.6. The molecule has 2 fully saturated rings. The number of rotatable bonds is 6. The van der Waals surface area contributed by atoms with Crippen molar-refractivity contribution in [2.45, 2.75) is 18.9 Å². The third kappa shape index (κ3) is 5.38. The third-order valence-corrected chi connectivity index (χ3v) is 7.15. The van der Waals surface area contributed by atoms with Gasteiger partial charge in [-0.3, -0.25) is 9.59 Å². The molecule has 6 rings (SSSR count). The van der Waals surface area contributed by atoms with Crippen molar-refractivity contribution < 1.29 is 14.3 Å². The van der Waals surface area contributed by atoms with Gasteiger partial charge in [-0.05, 0) is 49.2 Å². The topological polar surface area (TPSA) is 143 Å². The van der Waals surface area contributed by atoms with E-state index < -0.39 is 0 Å². The number of hydrogen-bond acceptors (Lipinski definition) is 9. The predicted molar refractivity (Wildman–Crippen MR) is 151 cm³/mol. The number of hydrogen-bond donors (Lipinski definition) is 3. The summed E-state index contributed by atoms with van der Waals surface area (Å²) >= 11 is 0. The van der Waals surface area contributed by atoms with Crippen LogP contribution in [-0.2, 0) is 4.74 Å². The highest BCUT2D eigenvalue weighted by Gasteiger charge is 2.25. The van der Waals surface area contributed by atoms with E-state index in [9.17, 15) is 9.59 Å². The van der Waals surface area contributed by atoms with Crippen LogP contribution < -0.4 is 21.3 Å². The van der Waals surface area contributed by atoms with Crippen LogP contribution >= 0.6 is 0 Å². The van der Waals surface area contributed by atoms with E-state index in [1.165, 1.54) is 0 Å². The second kappa shape index (κ2) is 11.2.